The van der Waals surface area contributed by atoms with E-state index < -0.39 is 47.0 Å². The van der Waals surface area contributed by atoms with Crippen molar-refractivity contribution in [3.63, 3.8) is 0 Å². The van der Waals surface area contributed by atoms with Crippen molar-refractivity contribution in [2.75, 3.05) is 39.5 Å². The van der Waals surface area contributed by atoms with Gasteiger partial charge in [0.05, 0.1) is 46.3 Å². The Kier molecular flexibility index (Phi) is 19.1. The molecule has 0 spiro atoms. The lowest BCUT2D eigenvalue weighted by atomic mass is 9.80. The number of amides is 1. The summed E-state index contributed by atoms with van der Waals surface area (Å²) in [7, 11) is -1.01. The zero-order chi connectivity index (χ0) is 50.8. The topological polar surface area (TPSA) is 174 Å². The van der Waals surface area contributed by atoms with Crippen molar-refractivity contribution in [3.8, 4) is 17.6 Å². The van der Waals surface area contributed by atoms with Gasteiger partial charge in [-0.1, -0.05) is 96.1 Å². The zero-order valence-electron chi connectivity index (χ0n) is 43.0. The van der Waals surface area contributed by atoms with Crippen molar-refractivity contribution in [1.82, 2.24) is 24.2 Å². The quantitative estimate of drug-likeness (QED) is 0.0192. The number of anilines is 1. The van der Waals surface area contributed by atoms with E-state index in [1.807, 2.05) is 78.9 Å². The van der Waals surface area contributed by atoms with Crippen LogP contribution in [0.4, 0.5) is 5.82 Å². The number of hydrogen-bond acceptors (Lipinski definition) is 14. The Bertz CT molecular complexity index is 2390. The van der Waals surface area contributed by atoms with E-state index >= 15 is 0 Å². The van der Waals surface area contributed by atoms with Gasteiger partial charge in [-0.05, 0) is 85.3 Å². The average molecular weight is 998 g/mol. The number of nitrogens with zero attached hydrogens (tertiary/aromatic N) is 6. The highest BCUT2D eigenvalue weighted by Gasteiger charge is 2.53. The monoisotopic (exact) mass is 997 g/mol. The number of carbonyl (C=O) groups excluding carboxylic acids is 1. The summed E-state index contributed by atoms with van der Waals surface area (Å²) in [4.78, 5) is 26.1. The molecule has 3 aromatic carbocycles. The lowest BCUT2D eigenvalue weighted by Gasteiger charge is -2.42. The summed E-state index contributed by atoms with van der Waals surface area (Å²) < 4.78 is 58.2. The lowest BCUT2D eigenvalue weighted by Crippen LogP contribution is -2.49. The second-order valence-corrected chi connectivity index (χ2v) is 25.8. The van der Waals surface area contributed by atoms with Crippen LogP contribution >= 0.6 is 8.53 Å². The maximum atomic E-state index is 12.3. The first-order valence-corrected chi connectivity index (χ1v) is 27.4. The van der Waals surface area contributed by atoms with Crippen molar-refractivity contribution >= 4 is 39.7 Å². The molecule has 3 heterocycles. The number of nitriles is 1. The maximum Gasteiger partial charge on any atom is 0.259 e. The number of imidazole rings is 1. The first-order valence-electron chi connectivity index (χ1n) is 24.1. The summed E-state index contributed by atoms with van der Waals surface area (Å²) in [5.74, 6) is 1.35. The first kappa shape index (κ1) is 54.5. The first-order chi connectivity index (χ1) is 33.5. The number of ether oxygens (including phenoxy) is 5. The van der Waals surface area contributed by atoms with E-state index in [0.29, 0.717) is 22.7 Å². The predicted molar refractivity (Wildman–Crippen MR) is 274 cm³/mol. The number of aromatic nitrogens is 4. The van der Waals surface area contributed by atoms with Crippen LogP contribution in [0.1, 0.15) is 106 Å². The smallest absolute Gasteiger partial charge is 0.259 e. The highest BCUT2D eigenvalue weighted by atomic mass is 31.2. The van der Waals surface area contributed by atoms with Gasteiger partial charge < -0.3 is 42.5 Å². The van der Waals surface area contributed by atoms with E-state index in [1.54, 1.807) is 25.1 Å². The molecule has 6 rings (SSSR count). The Labute approximate surface area is 416 Å². The van der Waals surface area contributed by atoms with Gasteiger partial charge in [-0.15, -0.1) is 0 Å². The number of hydrogen-bond donors (Lipinski definition) is 1. The molecule has 0 saturated carbocycles. The number of rotatable bonds is 25. The van der Waals surface area contributed by atoms with Gasteiger partial charge in [-0.3, -0.25) is 9.36 Å². The van der Waals surface area contributed by atoms with E-state index in [2.05, 4.69) is 95.3 Å². The molecule has 0 aliphatic carbocycles. The maximum absolute atomic E-state index is 12.3. The van der Waals surface area contributed by atoms with Gasteiger partial charge in [0.25, 0.3) is 8.53 Å². The van der Waals surface area contributed by atoms with Crippen molar-refractivity contribution in [2.45, 2.75) is 141 Å². The van der Waals surface area contributed by atoms with Crippen molar-refractivity contribution < 1.29 is 42.0 Å². The number of benzene rings is 3. The largest absolute Gasteiger partial charge is 0.497 e. The average Bonchev–Trinajstić information content (AvgIpc) is 3.92. The van der Waals surface area contributed by atoms with E-state index in [4.69, 9.17) is 42.1 Å². The Morgan fingerprint density at radius 3 is 1.91 bits per heavy atom. The summed E-state index contributed by atoms with van der Waals surface area (Å²) in [6.45, 7) is 23.3. The normalized spacial score (nSPS) is 18.1. The van der Waals surface area contributed by atoms with Crippen LogP contribution in [0.5, 0.6) is 11.5 Å². The number of nitrogens with one attached hydrogen (secondary N) is 1. The van der Waals surface area contributed by atoms with E-state index in [0.717, 1.165) is 16.7 Å². The molecule has 18 heteroatoms. The Balaban J connectivity index is 1.56. The highest BCUT2D eigenvalue weighted by molar-refractivity contribution is 7.44. The Morgan fingerprint density at radius 1 is 0.829 bits per heavy atom. The standard InChI is InChI=1S/C52H72N7O9PSi/c1-34(2)59(35(3)4)69(65-29-17-28-53)68-47-45(30-64-52(40-18-15-14-16-19-40,41-20-24-43(61-12)25-21-41)42-22-26-44(62-13)27-23-42)67-51(48(47)63-33-66-70(36(5)6,37(7)8)38(9)10)58-32-56-46-49(57-39(11)60)54-31-55-50(46)58/h14-16,18-27,31-32,34-38,45,47-48,51H,17,29-30,33H2,1-13H3,(H,54,55,57,60). The van der Waals surface area contributed by atoms with Gasteiger partial charge in [0.2, 0.25) is 14.2 Å². The van der Waals surface area contributed by atoms with Crippen LogP contribution in [0, 0.1) is 11.3 Å². The van der Waals surface area contributed by atoms with Gasteiger partial charge >= 0.3 is 0 Å². The molecule has 1 amide bonds. The number of fused-ring (bicyclic) bond motifs is 1. The van der Waals surface area contributed by atoms with Crippen LogP contribution in [0.3, 0.4) is 0 Å². The molecule has 0 radical (unpaired) electrons. The summed E-state index contributed by atoms with van der Waals surface area (Å²) in [5.41, 5.74) is 2.97. The summed E-state index contributed by atoms with van der Waals surface area (Å²) in [6, 6.07) is 28.0. The molecule has 5 unspecified atom stereocenters. The van der Waals surface area contributed by atoms with Crippen LogP contribution in [0.25, 0.3) is 11.2 Å². The summed E-state index contributed by atoms with van der Waals surface area (Å²) in [5, 5.41) is 12.5. The molecule has 1 N–H and O–H groups in total. The molecule has 1 saturated heterocycles. The summed E-state index contributed by atoms with van der Waals surface area (Å²) in [6.07, 6.45) is -0.333. The molecule has 5 atom stereocenters. The molecule has 1 fully saturated rings. The fraction of sp³-hybridized carbons (Fsp3) is 0.519. The number of methoxy groups -OCH3 is 2. The molecule has 1 aliphatic rings. The van der Waals surface area contributed by atoms with Crippen LogP contribution < -0.4 is 14.8 Å². The van der Waals surface area contributed by atoms with Gasteiger partial charge in [-0.2, -0.15) is 5.26 Å². The molecular formula is C52H72N7O9PSi. The van der Waals surface area contributed by atoms with Crippen LogP contribution in [-0.4, -0.2) is 103 Å². The third kappa shape index (κ3) is 11.7. The SMILES string of the molecule is COc1ccc(C(OCC2OC(n3cnc4c(NC(C)=O)ncnc43)C(OCO[Si](C(C)C)(C(C)C)C(C)C)C2OP(OCCC#N)N(C(C)C)C(C)C)(c2ccccc2)c2ccc(OC)cc2)cc1. The van der Waals surface area contributed by atoms with Crippen LogP contribution in [0.2, 0.25) is 16.6 Å². The second-order valence-electron chi connectivity index (χ2n) is 18.9. The Morgan fingerprint density at radius 2 is 1.40 bits per heavy atom. The minimum absolute atomic E-state index is 0.00387. The molecule has 70 heavy (non-hydrogen) atoms. The number of carbonyl (C=O) groups is 1. The van der Waals surface area contributed by atoms with Gasteiger partial charge in [-0.25, -0.2) is 19.6 Å². The molecule has 378 valence electrons. The molecular weight excluding hydrogens is 926 g/mol. The fourth-order valence-corrected chi connectivity index (χ4v) is 17.1. The highest BCUT2D eigenvalue weighted by Crippen LogP contribution is 2.52. The minimum atomic E-state index is -2.45. The van der Waals surface area contributed by atoms with Gasteiger partial charge in [0, 0.05) is 19.0 Å². The summed E-state index contributed by atoms with van der Waals surface area (Å²) >= 11 is 0. The third-order valence-corrected chi connectivity index (χ3v) is 21.2. The zero-order valence-corrected chi connectivity index (χ0v) is 44.9. The third-order valence-electron chi connectivity index (χ3n) is 13.0. The predicted octanol–water partition coefficient (Wildman–Crippen LogP) is 10.9. The fourth-order valence-electron chi connectivity index (χ4n) is 10.1. The van der Waals surface area contributed by atoms with Crippen molar-refractivity contribution in [2.24, 2.45) is 0 Å². The van der Waals surface area contributed by atoms with Gasteiger partial charge in [0.15, 0.2) is 23.2 Å². The molecule has 1 aliphatic heterocycles. The van der Waals surface area contributed by atoms with Crippen LogP contribution in [-0.2, 0) is 38.1 Å². The van der Waals surface area contributed by atoms with E-state index in [-0.39, 0.29) is 66.9 Å². The van der Waals surface area contributed by atoms with Gasteiger partial charge in [0.1, 0.15) is 48.5 Å². The minimum Gasteiger partial charge on any atom is -0.497 e. The van der Waals surface area contributed by atoms with Crippen molar-refractivity contribution in [1.29, 1.82) is 5.26 Å². The van der Waals surface area contributed by atoms with E-state index in [9.17, 15) is 10.1 Å². The van der Waals surface area contributed by atoms with Crippen molar-refractivity contribution in [3.05, 3.63) is 108 Å². The Hall–Kier alpha value is -4.86. The van der Waals surface area contributed by atoms with E-state index in [1.165, 1.54) is 13.3 Å². The molecule has 16 nitrogen and oxygen atoms in total. The molecule has 2 aromatic heterocycles. The molecule has 0 bridgehead atoms. The second kappa shape index (κ2) is 24.5. The molecule has 5 aromatic rings. The lowest BCUT2D eigenvalue weighted by molar-refractivity contribution is -0.114. The van der Waals surface area contributed by atoms with Crippen LogP contribution in [0.15, 0.2) is 91.5 Å².